The van der Waals surface area contributed by atoms with E-state index in [1.165, 1.54) is 12.8 Å². The lowest BCUT2D eigenvalue weighted by molar-refractivity contribution is -0.123. The highest BCUT2D eigenvalue weighted by molar-refractivity contribution is 5.85. The number of carbonyl (C=O) groups is 1. The standard InChI is InChI=1S/C22H26N8O/c31-21(26-13-17-4-5-17)19-15-28(14-18-3-1-2-7-24-18)11-12-30(19)20-6-8-25-22(27-20)29-10-9-23-16-29/h1-3,6-10,16-17,19H,4-5,11-15H2,(H,26,31). The maximum absolute atomic E-state index is 13.2. The van der Waals surface area contributed by atoms with Gasteiger partial charge in [-0.1, -0.05) is 6.07 Å². The molecule has 1 saturated heterocycles. The summed E-state index contributed by atoms with van der Waals surface area (Å²) in [6.45, 7) is 3.64. The zero-order valence-electron chi connectivity index (χ0n) is 17.3. The topological polar surface area (TPSA) is 92.1 Å². The molecule has 1 amide bonds. The number of hydrogen-bond donors (Lipinski definition) is 1. The zero-order chi connectivity index (χ0) is 21.0. The van der Waals surface area contributed by atoms with Crippen molar-refractivity contribution in [3.8, 4) is 5.95 Å². The number of pyridine rings is 1. The normalized spacial score (nSPS) is 19.4. The Labute approximate surface area is 181 Å². The van der Waals surface area contributed by atoms with Crippen LogP contribution in [-0.4, -0.2) is 67.5 Å². The molecular formula is C22H26N8O. The van der Waals surface area contributed by atoms with Gasteiger partial charge in [0, 0.05) is 57.5 Å². The van der Waals surface area contributed by atoms with E-state index in [0.29, 0.717) is 25.0 Å². The fourth-order valence-corrected chi connectivity index (χ4v) is 3.89. The van der Waals surface area contributed by atoms with Crippen LogP contribution in [0, 0.1) is 5.92 Å². The van der Waals surface area contributed by atoms with Crippen molar-refractivity contribution in [3.63, 3.8) is 0 Å². The van der Waals surface area contributed by atoms with Gasteiger partial charge < -0.3 is 10.2 Å². The van der Waals surface area contributed by atoms with Crippen LogP contribution < -0.4 is 10.2 Å². The lowest BCUT2D eigenvalue weighted by Gasteiger charge is -2.41. The van der Waals surface area contributed by atoms with Crippen molar-refractivity contribution in [2.75, 3.05) is 31.1 Å². The summed E-state index contributed by atoms with van der Waals surface area (Å²) in [5, 5.41) is 3.16. The molecule has 9 nitrogen and oxygen atoms in total. The van der Waals surface area contributed by atoms with E-state index >= 15 is 0 Å². The second-order valence-electron chi connectivity index (χ2n) is 8.14. The first-order valence-electron chi connectivity index (χ1n) is 10.7. The van der Waals surface area contributed by atoms with Crippen LogP contribution in [0.2, 0.25) is 0 Å². The molecule has 3 aromatic rings. The molecule has 1 N–H and O–H groups in total. The molecule has 2 aliphatic rings. The van der Waals surface area contributed by atoms with Gasteiger partial charge >= 0.3 is 0 Å². The van der Waals surface area contributed by atoms with E-state index in [2.05, 4.69) is 30.1 Å². The number of piperazine rings is 1. The van der Waals surface area contributed by atoms with E-state index < -0.39 is 0 Å². The van der Waals surface area contributed by atoms with Crippen molar-refractivity contribution in [1.82, 2.24) is 34.7 Å². The molecule has 3 aromatic heterocycles. The maximum atomic E-state index is 13.2. The van der Waals surface area contributed by atoms with Gasteiger partial charge in [0.1, 0.15) is 18.2 Å². The van der Waals surface area contributed by atoms with Gasteiger partial charge in [-0.2, -0.15) is 4.98 Å². The maximum Gasteiger partial charge on any atom is 0.244 e. The van der Waals surface area contributed by atoms with Gasteiger partial charge in [0.15, 0.2) is 0 Å². The molecule has 4 heterocycles. The van der Waals surface area contributed by atoms with Crippen molar-refractivity contribution in [1.29, 1.82) is 0 Å². The highest BCUT2D eigenvalue weighted by atomic mass is 16.2. The average molecular weight is 419 g/mol. The Balaban J connectivity index is 1.36. The third-order valence-electron chi connectivity index (χ3n) is 5.80. The molecule has 160 valence electrons. The van der Waals surface area contributed by atoms with Gasteiger partial charge in [-0.25, -0.2) is 9.97 Å². The molecular weight excluding hydrogens is 392 g/mol. The van der Waals surface area contributed by atoms with Crippen LogP contribution in [0.15, 0.2) is 55.4 Å². The van der Waals surface area contributed by atoms with Crippen molar-refractivity contribution >= 4 is 11.7 Å². The minimum absolute atomic E-state index is 0.0559. The third-order valence-corrected chi connectivity index (χ3v) is 5.80. The fraction of sp³-hybridized carbons (Fsp3) is 0.409. The molecule has 1 atom stereocenters. The van der Waals surface area contributed by atoms with Gasteiger partial charge in [0.05, 0.1) is 5.69 Å². The summed E-state index contributed by atoms with van der Waals surface area (Å²) in [5.74, 6) is 1.99. The number of aromatic nitrogens is 5. The number of rotatable bonds is 7. The molecule has 5 rings (SSSR count). The first-order chi connectivity index (χ1) is 15.3. The Hall–Kier alpha value is -3.33. The van der Waals surface area contributed by atoms with E-state index in [1.54, 1.807) is 23.3 Å². The molecule has 9 heteroatoms. The van der Waals surface area contributed by atoms with E-state index in [0.717, 1.165) is 31.1 Å². The molecule has 0 aromatic carbocycles. The van der Waals surface area contributed by atoms with Crippen LogP contribution >= 0.6 is 0 Å². The molecule has 2 fully saturated rings. The summed E-state index contributed by atoms with van der Waals surface area (Å²) in [6.07, 6.45) is 11.1. The fourth-order valence-electron chi connectivity index (χ4n) is 3.89. The second kappa shape index (κ2) is 8.81. The highest BCUT2D eigenvalue weighted by Crippen LogP contribution is 2.28. The van der Waals surface area contributed by atoms with Crippen LogP contribution in [-0.2, 0) is 11.3 Å². The summed E-state index contributed by atoms with van der Waals surface area (Å²) >= 11 is 0. The van der Waals surface area contributed by atoms with Crippen LogP contribution in [0.1, 0.15) is 18.5 Å². The summed E-state index contributed by atoms with van der Waals surface area (Å²) in [7, 11) is 0. The monoisotopic (exact) mass is 418 g/mol. The van der Waals surface area contributed by atoms with Gasteiger partial charge in [-0.15, -0.1) is 0 Å². The Morgan fingerprint density at radius 3 is 2.81 bits per heavy atom. The van der Waals surface area contributed by atoms with E-state index in [4.69, 9.17) is 4.98 Å². The first-order valence-corrected chi connectivity index (χ1v) is 10.7. The lowest BCUT2D eigenvalue weighted by atomic mass is 10.1. The molecule has 0 bridgehead atoms. The number of imidazole rings is 1. The molecule has 31 heavy (non-hydrogen) atoms. The minimum atomic E-state index is -0.318. The number of nitrogens with zero attached hydrogens (tertiary/aromatic N) is 7. The summed E-state index contributed by atoms with van der Waals surface area (Å²) in [4.78, 5) is 35.1. The minimum Gasteiger partial charge on any atom is -0.354 e. The molecule has 0 spiro atoms. The van der Waals surface area contributed by atoms with E-state index in [1.807, 2.05) is 36.7 Å². The summed E-state index contributed by atoms with van der Waals surface area (Å²) in [6, 6.07) is 7.49. The van der Waals surface area contributed by atoms with Crippen LogP contribution in [0.3, 0.4) is 0 Å². The van der Waals surface area contributed by atoms with Gasteiger partial charge in [-0.05, 0) is 37.0 Å². The van der Waals surface area contributed by atoms with Gasteiger partial charge in [0.2, 0.25) is 11.9 Å². The van der Waals surface area contributed by atoms with Crippen LogP contribution in [0.5, 0.6) is 0 Å². The SMILES string of the molecule is O=C(NCC1CC1)C1CN(Cc2ccccn2)CCN1c1ccnc(-n2ccnc2)n1. The molecule has 1 saturated carbocycles. The summed E-state index contributed by atoms with van der Waals surface area (Å²) < 4.78 is 1.77. The van der Waals surface area contributed by atoms with Crippen molar-refractivity contribution in [2.24, 2.45) is 5.92 Å². The van der Waals surface area contributed by atoms with E-state index in [-0.39, 0.29) is 11.9 Å². The quantitative estimate of drug-likeness (QED) is 0.618. The molecule has 1 unspecified atom stereocenters. The third kappa shape index (κ3) is 4.72. The highest BCUT2D eigenvalue weighted by Gasteiger charge is 2.34. The Morgan fingerprint density at radius 2 is 2.03 bits per heavy atom. The Bertz CT molecular complexity index is 1010. The first kappa shape index (κ1) is 19.6. The summed E-state index contributed by atoms with van der Waals surface area (Å²) in [5.41, 5.74) is 1.01. The number of carbonyl (C=O) groups excluding carboxylic acids is 1. The van der Waals surface area contributed by atoms with Gasteiger partial charge in [-0.3, -0.25) is 19.2 Å². The van der Waals surface area contributed by atoms with Crippen LogP contribution in [0.4, 0.5) is 5.82 Å². The molecule has 1 aliphatic carbocycles. The van der Waals surface area contributed by atoms with E-state index in [9.17, 15) is 4.79 Å². The second-order valence-corrected chi connectivity index (χ2v) is 8.14. The Morgan fingerprint density at radius 1 is 1.10 bits per heavy atom. The largest absolute Gasteiger partial charge is 0.354 e. The number of anilines is 1. The number of amides is 1. The smallest absolute Gasteiger partial charge is 0.244 e. The number of hydrogen-bond acceptors (Lipinski definition) is 7. The molecule has 0 radical (unpaired) electrons. The predicted molar refractivity (Wildman–Crippen MR) is 116 cm³/mol. The zero-order valence-corrected chi connectivity index (χ0v) is 17.3. The lowest BCUT2D eigenvalue weighted by Crippen LogP contribution is -2.59. The Kier molecular flexibility index (Phi) is 5.57. The predicted octanol–water partition coefficient (Wildman–Crippen LogP) is 1.27. The van der Waals surface area contributed by atoms with Crippen LogP contribution in [0.25, 0.3) is 5.95 Å². The van der Waals surface area contributed by atoms with Gasteiger partial charge in [0.25, 0.3) is 0 Å². The van der Waals surface area contributed by atoms with Crippen molar-refractivity contribution in [3.05, 3.63) is 61.1 Å². The van der Waals surface area contributed by atoms with Crippen molar-refractivity contribution in [2.45, 2.75) is 25.4 Å². The number of nitrogens with one attached hydrogen (secondary N) is 1. The average Bonchev–Trinajstić information content (AvgIpc) is 3.48. The molecule has 1 aliphatic heterocycles. The van der Waals surface area contributed by atoms with Crippen molar-refractivity contribution < 1.29 is 4.79 Å².